The minimum Gasteiger partial charge on any atom is -0.326 e. The van der Waals surface area contributed by atoms with Crippen LogP contribution in [-0.2, 0) is 20.6 Å². The quantitative estimate of drug-likeness (QED) is 0.694. The predicted octanol–water partition coefficient (Wildman–Crippen LogP) is 3.63. The Hall–Kier alpha value is -3.36. The second kappa shape index (κ2) is 8.35. The monoisotopic (exact) mass is 379 g/mol. The van der Waals surface area contributed by atoms with Crippen molar-refractivity contribution >= 4 is 34.8 Å². The SMILES string of the molecule is CC(=O)Nc1cccc(NC(=O)CC(=O)Nc2ccc(C(F)(F)F)cc2)c1. The number of alkyl halides is 3. The summed E-state index contributed by atoms with van der Waals surface area (Å²) in [7, 11) is 0. The molecule has 0 aliphatic carbocycles. The van der Waals surface area contributed by atoms with Crippen LogP contribution < -0.4 is 16.0 Å². The molecule has 0 radical (unpaired) electrons. The number of carbonyl (C=O) groups is 3. The molecule has 0 aromatic heterocycles. The van der Waals surface area contributed by atoms with Crippen LogP contribution in [0.2, 0.25) is 0 Å². The third-order valence-electron chi connectivity index (χ3n) is 3.28. The largest absolute Gasteiger partial charge is 0.416 e. The summed E-state index contributed by atoms with van der Waals surface area (Å²) in [6, 6.07) is 10.2. The molecule has 0 unspecified atom stereocenters. The standard InChI is InChI=1S/C18H16F3N3O3/c1-11(25)22-14-3-2-4-15(9-14)24-17(27)10-16(26)23-13-7-5-12(6-8-13)18(19,20)21/h2-9H,10H2,1H3,(H,22,25)(H,23,26)(H,24,27). The molecule has 0 atom stereocenters. The molecule has 3 N–H and O–H groups in total. The van der Waals surface area contributed by atoms with Gasteiger partial charge < -0.3 is 16.0 Å². The fourth-order valence-electron chi connectivity index (χ4n) is 2.18. The van der Waals surface area contributed by atoms with E-state index >= 15 is 0 Å². The van der Waals surface area contributed by atoms with Gasteiger partial charge in [0.05, 0.1) is 5.56 Å². The van der Waals surface area contributed by atoms with Crippen LogP contribution in [-0.4, -0.2) is 17.7 Å². The van der Waals surface area contributed by atoms with Gasteiger partial charge in [-0.1, -0.05) is 6.07 Å². The molecule has 0 bridgehead atoms. The fraction of sp³-hybridized carbons (Fsp3) is 0.167. The summed E-state index contributed by atoms with van der Waals surface area (Å²) >= 11 is 0. The van der Waals surface area contributed by atoms with Gasteiger partial charge in [0.25, 0.3) is 0 Å². The van der Waals surface area contributed by atoms with Gasteiger partial charge in [-0.05, 0) is 42.5 Å². The van der Waals surface area contributed by atoms with Crippen LogP contribution in [0, 0.1) is 0 Å². The number of hydrogen-bond donors (Lipinski definition) is 3. The molecule has 0 aliphatic heterocycles. The Balaban J connectivity index is 1.90. The lowest BCUT2D eigenvalue weighted by Gasteiger charge is -2.10. The first kappa shape index (κ1) is 20.0. The third-order valence-corrected chi connectivity index (χ3v) is 3.28. The number of halogens is 3. The lowest BCUT2D eigenvalue weighted by molar-refractivity contribution is -0.137. The van der Waals surface area contributed by atoms with Crippen LogP contribution in [0.25, 0.3) is 0 Å². The highest BCUT2D eigenvalue weighted by Crippen LogP contribution is 2.29. The molecule has 2 aromatic rings. The molecule has 0 spiro atoms. The van der Waals surface area contributed by atoms with Crippen molar-refractivity contribution in [3.05, 3.63) is 54.1 Å². The molecule has 0 aliphatic rings. The maximum absolute atomic E-state index is 12.5. The van der Waals surface area contributed by atoms with Crippen LogP contribution in [0.5, 0.6) is 0 Å². The topological polar surface area (TPSA) is 87.3 Å². The van der Waals surface area contributed by atoms with Crippen LogP contribution in [0.15, 0.2) is 48.5 Å². The van der Waals surface area contributed by atoms with E-state index < -0.39 is 30.0 Å². The zero-order valence-electron chi connectivity index (χ0n) is 14.2. The van der Waals surface area contributed by atoms with Crippen molar-refractivity contribution in [3.8, 4) is 0 Å². The lowest BCUT2D eigenvalue weighted by atomic mass is 10.2. The Morgan fingerprint density at radius 3 is 1.85 bits per heavy atom. The van der Waals surface area contributed by atoms with Gasteiger partial charge in [-0.3, -0.25) is 14.4 Å². The minimum atomic E-state index is -4.46. The van der Waals surface area contributed by atoms with Gasteiger partial charge in [0, 0.05) is 24.0 Å². The van der Waals surface area contributed by atoms with Crippen LogP contribution in [0.4, 0.5) is 30.2 Å². The summed E-state index contributed by atoms with van der Waals surface area (Å²) in [5.41, 5.74) is 0.175. The molecule has 9 heteroatoms. The summed E-state index contributed by atoms with van der Waals surface area (Å²) in [6.07, 6.45) is -4.99. The van der Waals surface area contributed by atoms with Crippen LogP contribution >= 0.6 is 0 Å². The van der Waals surface area contributed by atoms with Gasteiger partial charge >= 0.3 is 6.18 Å². The maximum atomic E-state index is 12.5. The van der Waals surface area contributed by atoms with Crippen molar-refractivity contribution in [1.29, 1.82) is 0 Å². The molecule has 0 saturated carbocycles. The first-order valence-electron chi connectivity index (χ1n) is 7.78. The molecular formula is C18H16F3N3O3. The van der Waals surface area contributed by atoms with E-state index in [1.807, 2.05) is 0 Å². The van der Waals surface area contributed by atoms with Crippen molar-refractivity contribution in [1.82, 2.24) is 0 Å². The van der Waals surface area contributed by atoms with E-state index in [0.717, 1.165) is 24.3 Å². The van der Waals surface area contributed by atoms with Gasteiger partial charge in [0.15, 0.2) is 0 Å². The molecule has 2 rings (SSSR count). The zero-order valence-corrected chi connectivity index (χ0v) is 14.2. The van der Waals surface area contributed by atoms with E-state index in [2.05, 4.69) is 16.0 Å². The number of carbonyl (C=O) groups excluding carboxylic acids is 3. The Morgan fingerprint density at radius 2 is 1.33 bits per heavy atom. The van der Waals surface area contributed by atoms with Gasteiger partial charge in [-0.15, -0.1) is 0 Å². The maximum Gasteiger partial charge on any atom is 0.416 e. The zero-order chi connectivity index (χ0) is 20.0. The number of hydrogen-bond acceptors (Lipinski definition) is 3. The number of anilines is 3. The number of nitrogens with one attached hydrogen (secondary N) is 3. The number of benzene rings is 2. The molecule has 6 nitrogen and oxygen atoms in total. The highest BCUT2D eigenvalue weighted by atomic mass is 19.4. The summed E-state index contributed by atoms with van der Waals surface area (Å²) in [4.78, 5) is 34.8. The highest BCUT2D eigenvalue weighted by molar-refractivity contribution is 6.08. The number of amides is 3. The Kier molecular flexibility index (Phi) is 6.17. The van der Waals surface area contributed by atoms with Crippen molar-refractivity contribution in [2.75, 3.05) is 16.0 Å². The van der Waals surface area contributed by atoms with E-state index in [1.165, 1.54) is 13.0 Å². The second-order valence-corrected chi connectivity index (χ2v) is 5.61. The van der Waals surface area contributed by atoms with E-state index in [0.29, 0.717) is 11.4 Å². The van der Waals surface area contributed by atoms with Crippen molar-refractivity contribution in [2.24, 2.45) is 0 Å². The fourth-order valence-corrected chi connectivity index (χ4v) is 2.18. The van der Waals surface area contributed by atoms with Crippen molar-refractivity contribution < 1.29 is 27.6 Å². The van der Waals surface area contributed by atoms with E-state index in [1.54, 1.807) is 18.2 Å². The Labute approximate surface area is 152 Å². The molecule has 0 saturated heterocycles. The van der Waals surface area contributed by atoms with E-state index in [-0.39, 0.29) is 11.6 Å². The van der Waals surface area contributed by atoms with Gasteiger partial charge in [-0.2, -0.15) is 13.2 Å². The molecule has 0 heterocycles. The van der Waals surface area contributed by atoms with Gasteiger partial charge in [0.1, 0.15) is 6.42 Å². The Morgan fingerprint density at radius 1 is 0.815 bits per heavy atom. The summed E-state index contributed by atoms with van der Waals surface area (Å²) in [5.74, 6) is -1.56. The summed E-state index contributed by atoms with van der Waals surface area (Å²) in [6.45, 7) is 1.34. The number of rotatable bonds is 5. The molecular weight excluding hydrogens is 363 g/mol. The first-order valence-corrected chi connectivity index (χ1v) is 7.78. The predicted molar refractivity (Wildman–Crippen MR) is 94.1 cm³/mol. The molecule has 0 fully saturated rings. The minimum absolute atomic E-state index is 0.147. The van der Waals surface area contributed by atoms with Gasteiger partial charge in [-0.25, -0.2) is 0 Å². The smallest absolute Gasteiger partial charge is 0.326 e. The molecule has 3 amide bonds. The highest BCUT2D eigenvalue weighted by Gasteiger charge is 2.30. The first-order chi connectivity index (χ1) is 12.6. The van der Waals surface area contributed by atoms with Crippen molar-refractivity contribution in [2.45, 2.75) is 19.5 Å². The lowest BCUT2D eigenvalue weighted by Crippen LogP contribution is -2.21. The van der Waals surface area contributed by atoms with E-state index in [9.17, 15) is 27.6 Å². The van der Waals surface area contributed by atoms with Crippen molar-refractivity contribution in [3.63, 3.8) is 0 Å². The molecule has 142 valence electrons. The normalized spacial score (nSPS) is 10.8. The average molecular weight is 379 g/mol. The molecule has 2 aromatic carbocycles. The Bertz CT molecular complexity index is 849. The molecule has 27 heavy (non-hydrogen) atoms. The third kappa shape index (κ3) is 6.46. The van der Waals surface area contributed by atoms with Gasteiger partial charge in [0.2, 0.25) is 17.7 Å². The summed E-state index contributed by atoms with van der Waals surface area (Å²) in [5, 5.41) is 7.41. The van der Waals surface area contributed by atoms with Crippen LogP contribution in [0.3, 0.4) is 0 Å². The van der Waals surface area contributed by atoms with E-state index in [4.69, 9.17) is 0 Å². The average Bonchev–Trinajstić information content (AvgIpc) is 2.53. The summed E-state index contributed by atoms with van der Waals surface area (Å²) < 4.78 is 37.5. The second-order valence-electron chi connectivity index (χ2n) is 5.61. The van der Waals surface area contributed by atoms with Crippen LogP contribution in [0.1, 0.15) is 18.9 Å².